The quantitative estimate of drug-likeness (QED) is 0.868. The van der Waals surface area contributed by atoms with Gasteiger partial charge in [0.05, 0.1) is 12.1 Å². The first-order valence-electron chi connectivity index (χ1n) is 6.34. The molecule has 1 aromatic rings. The zero-order valence-electron chi connectivity index (χ0n) is 11.4. The Labute approximate surface area is 120 Å². The SMILES string of the molecule is CCOc1cc(C)ccc1CNC(=O)C1(N)CC1.Cl. The molecular weight excluding hydrogens is 264 g/mol. The van der Waals surface area contributed by atoms with E-state index in [1.54, 1.807) is 0 Å². The summed E-state index contributed by atoms with van der Waals surface area (Å²) in [5.74, 6) is 0.769. The number of ether oxygens (including phenoxy) is 1. The van der Waals surface area contributed by atoms with Crippen molar-refractivity contribution in [1.82, 2.24) is 5.32 Å². The van der Waals surface area contributed by atoms with Gasteiger partial charge in [-0.05, 0) is 38.3 Å². The van der Waals surface area contributed by atoms with Crippen LogP contribution >= 0.6 is 12.4 Å². The van der Waals surface area contributed by atoms with E-state index in [9.17, 15) is 4.79 Å². The average molecular weight is 285 g/mol. The third-order valence-corrected chi connectivity index (χ3v) is 3.20. The van der Waals surface area contributed by atoms with Crippen molar-refractivity contribution in [1.29, 1.82) is 0 Å². The Balaban J connectivity index is 0.00000180. The highest BCUT2D eigenvalue weighted by Crippen LogP contribution is 2.32. The van der Waals surface area contributed by atoms with Crippen LogP contribution in [-0.4, -0.2) is 18.1 Å². The van der Waals surface area contributed by atoms with Crippen LogP contribution < -0.4 is 15.8 Å². The molecule has 0 aromatic heterocycles. The largest absolute Gasteiger partial charge is 0.494 e. The van der Waals surface area contributed by atoms with Gasteiger partial charge in [0.2, 0.25) is 5.91 Å². The fourth-order valence-corrected chi connectivity index (χ4v) is 1.81. The van der Waals surface area contributed by atoms with Gasteiger partial charge in [0.25, 0.3) is 0 Å². The fraction of sp³-hybridized carbons (Fsp3) is 0.500. The van der Waals surface area contributed by atoms with Gasteiger partial charge >= 0.3 is 0 Å². The van der Waals surface area contributed by atoms with E-state index < -0.39 is 5.54 Å². The topological polar surface area (TPSA) is 64.3 Å². The van der Waals surface area contributed by atoms with Crippen molar-refractivity contribution in [2.24, 2.45) is 5.73 Å². The number of hydrogen-bond donors (Lipinski definition) is 2. The van der Waals surface area contributed by atoms with E-state index in [1.807, 2.05) is 32.0 Å². The summed E-state index contributed by atoms with van der Waals surface area (Å²) in [6.07, 6.45) is 1.57. The molecule has 4 nitrogen and oxygen atoms in total. The van der Waals surface area contributed by atoms with E-state index in [0.717, 1.165) is 29.7 Å². The molecule has 0 saturated heterocycles. The Kier molecular flexibility index (Phi) is 5.20. The van der Waals surface area contributed by atoms with Crippen LogP contribution in [0, 0.1) is 6.92 Å². The van der Waals surface area contributed by atoms with E-state index in [2.05, 4.69) is 5.32 Å². The van der Waals surface area contributed by atoms with Gasteiger partial charge in [0.1, 0.15) is 5.75 Å². The molecule has 0 radical (unpaired) electrons. The standard InChI is InChI=1S/C14H20N2O2.ClH/c1-3-18-12-8-10(2)4-5-11(12)9-16-13(17)14(15)6-7-14;/h4-5,8H,3,6-7,9,15H2,1-2H3,(H,16,17);1H. The molecule has 0 aliphatic heterocycles. The Morgan fingerprint density at radius 3 is 2.74 bits per heavy atom. The maximum absolute atomic E-state index is 11.8. The molecule has 5 heteroatoms. The molecule has 0 heterocycles. The van der Waals surface area contributed by atoms with Crippen LogP contribution in [0.1, 0.15) is 30.9 Å². The first kappa shape index (κ1) is 15.8. The smallest absolute Gasteiger partial charge is 0.240 e. The lowest BCUT2D eigenvalue weighted by molar-refractivity contribution is -0.123. The van der Waals surface area contributed by atoms with Crippen LogP contribution in [0.15, 0.2) is 18.2 Å². The monoisotopic (exact) mass is 284 g/mol. The number of halogens is 1. The second-order valence-corrected chi connectivity index (χ2v) is 4.88. The second-order valence-electron chi connectivity index (χ2n) is 4.88. The molecule has 1 amide bonds. The van der Waals surface area contributed by atoms with Crippen molar-refractivity contribution in [2.45, 2.75) is 38.8 Å². The van der Waals surface area contributed by atoms with Gasteiger partial charge in [0, 0.05) is 12.1 Å². The molecule has 0 spiro atoms. The third-order valence-electron chi connectivity index (χ3n) is 3.20. The Bertz CT molecular complexity index is 459. The van der Waals surface area contributed by atoms with E-state index in [-0.39, 0.29) is 18.3 Å². The van der Waals surface area contributed by atoms with E-state index in [0.29, 0.717) is 13.2 Å². The summed E-state index contributed by atoms with van der Waals surface area (Å²) in [6.45, 7) is 5.05. The highest BCUT2D eigenvalue weighted by atomic mass is 35.5. The second kappa shape index (κ2) is 6.26. The Hall–Kier alpha value is -1.26. The van der Waals surface area contributed by atoms with E-state index in [4.69, 9.17) is 10.5 Å². The first-order chi connectivity index (χ1) is 8.55. The minimum absolute atomic E-state index is 0. The number of aryl methyl sites for hydroxylation is 1. The Morgan fingerprint density at radius 1 is 1.47 bits per heavy atom. The molecule has 1 aliphatic rings. The van der Waals surface area contributed by atoms with Crippen molar-refractivity contribution in [3.05, 3.63) is 29.3 Å². The highest BCUT2D eigenvalue weighted by Gasteiger charge is 2.45. The molecule has 3 N–H and O–H groups in total. The molecule has 0 atom stereocenters. The molecule has 1 aromatic carbocycles. The van der Waals surface area contributed by atoms with E-state index >= 15 is 0 Å². The van der Waals surface area contributed by atoms with Gasteiger partial charge in [-0.15, -0.1) is 12.4 Å². The van der Waals surface area contributed by atoms with Crippen LogP contribution in [0.25, 0.3) is 0 Å². The third kappa shape index (κ3) is 3.85. The lowest BCUT2D eigenvalue weighted by Crippen LogP contribution is -2.42. The lowest BCUT2D eigenvalue weighted by Gasteiger charge is -2.14. The highest BCUT2D eigenvalue weighted by molar-refractivity contribution is 5.88. The summed E-state index contributed by atoms with van der Waals surface area (Å²) in [7, 11) is 0. The maximum atomic E-state index is 11.8. The summed E-state index contributed by atoms with van der Waals surface area (Å²) in [6, 6.07) is 5.98. The average Bonchev–Trinajstić information content (AvgIpc) is 3.08. The van der Waals surface area contributed by atoms with Crippen molar-refractivity contribution in [2.75, 3.05) is 6.61 Å². The van der Waals surface area contributed by atoms with Gasteiger partial charge in [-0.1, -0.05) is 12.1 Å². The summed E-state index contributed by atoms with van der Waals surface area (Å²) >= 11 is 0. The normalized spacial score (nSPS) is 15.3. The van der Waals surface area contributed by atoms with E-state index in [1.165, 1.54) is 0 Å². The summed E-state index contributed by atoms with van der Waals surface area (Å²) in [5.41, 5.74) is 7.35. The maximum Gasteiger partial charge on any atom is 0.240 e. The minimum Gasteiger partial charge on any atom is -0.494 e. The fourth-order valence-electron chi connectivity index (χ4n) is 1.81. The van der Waals surface area contributed by atoms with Crippen molar-refractivity contribution in [3.63, 3.8) is 0 Å². The molecule has 0 bridgehead atoms. The van der Waals surface area contributed by atoms with Gasteiger partial charge < -0.3 is 15.8 Å². The number of nitrogens with one attached hydrogen (secondary N) is 1. The van der Waals surface area contributed by atoms with Gasteiger partial charge in [-0.2, -0.15) is 0 Å². The van der Waals surface area contributed by atoms with Gasteiger partial charge in [-0.3, -0.25) is 4.79 Å². The molecule has 19 heavy (non-hydrogen) atoms. The van der Waals surface area contributed by atoms with Crippen molar-refractivity contribution in [3.8, 4) is 5.75 Å². The van der Waals surface area contributed by atoms with Crippen molar-refractivity contribution < 1.29 is 9.53 Å². The predicted octanol–water partition coefficient (Wildman–Crippen LogP) is 1.92. The molecule has 106 valence electrons. The zero-order valence-corrected chi connectivity index (χ0v) is 12.2. The molecule has 2 rings (SSSR count). The summed E-state index contributed by atoms with van der Waals surface area (Å²) in [4.78, 5) is 11.8. The number of carbonyl (C=O) groups excluding carboxylic acids is 1. The molecule has 0 unspecified atom stereocenters. The van der Waals surface area contributed by atoms with Crippen molar-refractivity contribution >= 4 is 18.3 Å². The van der Waals surface area contributed by atoms with Gasteiger partial charge in [0.15, 0.2) is 0 Å². The number of nitrogens with two attached hydrogens (primary N) is 1. The lowest BCUT2D eigenvalue weighted by atomic mass is 10.1. The Morgan fingerprint density at radius 2 is 2.16 bits per heavy atom. The minimum atomic E-state index is -0.615. The molecule has 1 aliphatic carbocycles. The van der Waals surface area contributed by atoms with Crippen LogP contribution in [0.2, 0.25) is 0 Å². The number of carbonyl (C=O) groups is 1. The van der Waals surface area contributed by atoms with Crippen LogP contribution in [-0.2, 0) is 11.3 Å². The first-order valence-corrected chi connectivity index (χ1v) is 6.34. The van der Waals surface area contributed by atoms with Crippen LogP contribution in [0.5, 0.6) is 5.75 Å². The molecule has 1 saturated carbocycles. The summed E-state index contributed by atoms with van der Waals surface area (Å²) < 4.78 is 5.57. The number of rotatable bonds is 5. The van der Waals surface area contributed by atoms with Crippen LogP contribution in [0.3, 0.4) is 0 Å². The summed E-state index contributed by atoms with van der Waals surface area (Å²) in [5, 5.41) is 2.88. The van der Waals surface area contributed by atoms with Crippen LogP contribution in [0.4, 0.5) is 0 Å². The number of hydrogen-bond acceptors (Lipinski definition) is 3. The van der Waals surface area contributed by atoms with Gasteiger partial charge in [-0.25, -0.2) is 0 Å². The molecular formula is C14H21ClN2O2. The predicted molar refractivity (Wildman–Crippen MR) is 77.6 cm³/mol. The number of benzene rings is 1. The number of amides is 1. The molecule has 1 fully saturated rings. The zero-order chi connectivity index (χ0) is 13.2.